The average Bonchev–Trinajstić information content (AvgIpc) is 2.71. The van der Waals surface area contributed by atoms with Crippen molar-refractivity contribution in [3.63, 3.8) is 0 Å². The van der Waals surface area contributed by atoms with Gasteiger partial charge in [0.2, 0.25) is 0 Å². The van der Waals surface area contributed by atoms with Crippen molar-refractivity contribution in [2.75, 3.05) is 26.3 Å². The Balaban J connectivity index is 1.73. The molecule has 0 radical (unpaired) electrons. The summed E-state index contributed by atoms with van der Waals surface area (Å²) in [5.41, 5.74) is 3.50. The van der Waals surface area contributed by atoms with Gasteiger partial charge in [-0.1, -0.05) is 42.0 Å². The molecule has 1 aliphatic heterocycles. The molecule has 0 bridgehead atoms. The first-order valence-electron chi connectivity index (χ1n) is 10.0. The molecule has 3 rings (SSSR count). The Morgan fingerprint density at radius 1 is 1.11 bits per heavy atom. The van der Waals surface area contributed by atoms with Gasteiger partial charge in [0, 0.05) is 31.7 Å². The SMILES string of the molecule is CCNC(=NCc1cccc(C)c1)NCC1(c2ccc(F)cc2)CCOCC1. The molecule has 4 nitrogen and oxygen atoms in total. The maximum atomic E-state index is 13.4. The van der Waals surface area contributed by atoms with E-state index in [0.717, 1.165) is 50.7 Å². The highest BCUT2D eigenvalue weighted by Gasteiger charge is 2.34. The Morgan fingerprint density at radius 3 is 2.54 bits per heavy atom. The van der Waals surface area contributed by atoms with Crippen LogP contribution in [0.1, 0.15) is 36.5 Å². The number of aryl methyl sites for hydroxylation is 1. The van der Waals surface area contributed by atoms with Gasteiger partial charge in [-0.2, -0.15) is 0 Å². The number of benzene rings is 2. The summed E-state index contributed by atoms with van der Waals surface area (Å²) < 4.78 is 19.0. The maximum absolute atomic E-state index is 13.4. The minimum absolute atomic E-state index is 0.0779. The number of hydrogen-bond acceptors (Lipinski definition) is 2. The fourth-order valence-corrected chi connectivity index (χ4v) is 3.71. The molecular formula is C23H30FN3O. The average molecular weight is 384 g/mol. The Morgan fingerprint density at radius 2 is 1.86 bits per heavy atom. The van der Waals surface area contributed by atoms with E-state index in [2.05, 4.69) is 48.7 Å². The smallest absolute Gasteiger partial charge is 0.191 e. The van der Waals surface area contributed by atoms with E-state index in [0.29, 0.717) is 6.54 Å². The summed E-state index contributed by atoms with van der Waals surface area (Å²) in [7, 11) is 0. The van der Waals surface area contributed by atoms with E-state index < -0.39 is 0 Å². The number of rotatable bonds is 6. The Bertz CT molecular complexity index is 783. The highest BCUT2D eigenvalue weighted by Crippen LogP contribution is 2.34. The molecule has 1 heterocycles. The summed E-state index contributed by atoms with van der Waals surface area (Å²) in [6.45, 7) is 7.76. The second-order valence-corrected chi connectivity index (χ2v) is 7.44. The van der Waals surface area contributed by atoms with Crippen LogP contribution < -0.4 is 10.6 Å². The highest BCUT2D eigenvalue weighted by atomic mass is 19.1. The number of hydrogen-bond donors (Lipinski definition) is 2. The molecule has 0 unspecified atom stereocenters. The van der Waals surface area contributed by atoms with E-state index >= 15 is 0 Å². The molecule has 28 heavy (non-hydrogen) atoms. The third-order valence-electron chi connectivity index (χ3n) is 5.35. The Hall–Kier alpha value is -2.40. The quantitative estimate of drug-likeness (QED) is 0.587. The van der Waals surface area contributed by atoms with E-state index in [4.69, 9.17) is 9.73 Å². The molecule has 0 aromatic heterocycles. The van der Waals surface area contributed by atoms with Crippen LogP contribution in [-0.2, 0) is 16.7 Å². The van der Waals surface area contributed by atoms with E-state index in [-0.39, 0.29) is 11.2 Å². The van der Waals surface area contributed by atoms with Crippen LogP contribution in [0.2, 0.25) is 0 Å². The van der Waals surface area contributed by atoms with Crippen molar-refractivity contribution in [2.24, 2.45) is 4.99 Å². The van der Waals surface area contributed by atoms with Gasteiger partial charge in [-0.3, -0.25) is 0 Å². The summed E-state index contributed by atoms with van der Waals surface area (Å²) in [4.78, 5) is 4.75. The molecule has 1 fully saturated rings. The predicted molar refractivity (Wildman–Crippen MR) is 112 cm³/mol. The molecule has 2 aromatic carbocycles. The van der Waals surface area contributed by atoms with Crippen LogP contribution in [-0.4, -0.2) is 32.3 Å². The van der Waals surface area contributed by atoms with Gasteiger partial charge in [0.25, 0.3) is 0 Å². The molecule has 5 heteroatoms. The van der Waals surface area contributed by atoms with Gasteiger partial charge in [0.1, 0.15) is 5.82 Å². The lowest BCUT2D eigenvalue weighted by Crippen LogP contribution is -2.48. The second-order valence-electron chi connectivity index (χ2n) is 7.44. The van der Waals surface area contributed by atoms with E-state index in [1.54, 1.807) is 12.1 Å². The van der Waals surface area contributed by atoms with Crippen LogP contribution >= 0.6 is 0 Å². The van der Waals surface area contributed by atoms with Crippen molar-refractivity contribution in [1.29, 1.82) is 0 Å². The maximum Gasteiger partial charge on any atom is 0.191 e. The topological polar surface area (TPSA) is 45.7 Å². The fraction of sp³-hybridized carbons (Fsp3) is 0.435. The standard InChI is InChI=1S/C23H30FN3O/c1-3-25-22(26-16-19-6-4-5-18(2)15-19)27-17-23(11-13-28-14-12-23)20-7-9-21(24)10-8-20/h4-10,15H,3,11-14,16-17H2,1-2H3,(H2,25,26,27). The summed E-state index contributed by atoms with van der Waals surface area (Å²) in [5, 5.41) is 6.85. The summed E-state index contributed by atoms with van der Waals surface area (Å²) in [6, 6.07) is 15.3. The van der Waals surface area contributed by atoms with Crippen molar-refractivity contribution in [2.45, 2.75) is 38.6 Å². The van der Waals surface area contributed by atoms with Gasteiger partial charge >= 0.3 is 0 Å². The first-order valence-corrected chi connectivity index (χ1v) is 10.0. The molecule has 1 saturated heterocycles. The van der Waals surface area contributed by atoms with Crippen LogP contribution in [0.15, 0.2) is 53.5 Å². The molecule has 2 N–H and O–H groups in total. The number of ether oxygens (including phenoxy) is 1. The van der Waals surface area contributed by atoms with Crippen LogP contribution in [0.5, 0.6) is 0 Å². The zero-order chi connectivity index (χ0) is 19.8. The molecule has 2 aromatic rings. The second kappa shape index (κ2) is 9.69. The Kier molecular flexibility index (Phi) is 7.04. The largest absolute Gasteiger partial charge is 0.381 e. The van der Waals surface area contributed by atoms with Gasteiger partial charge in [0.15, 0.2) is 5.96 Å². The lowest BCUT2D eigenvalue weighted by Gasteiger charge is -2.38. The number of nitrogens with zero attached hydrogens (tertiary/aromatic N) is 1. The summed E-state index contributed by atoms with van der Waals surface area (Å²) in [6.07, 6.45) is 1.81. The zero-order valence-corrected chi connectivity index (χ0v) is 16.8. The van der Waals surface area contributed by atoms with Crippen molar-refractivity contribution in [1.82, 2.24) is 10.6 Å². The zero-order valence-electron chi connectivity index (χ0n) is 16.8. The molecule has 0 saturated carbocycles. The third-order valence-corrected chi connectivity index (χ3v) is 5.35. The number of halogens is 1. The van der Waals surface area contributed by atoms with Crippen LogP contribution in [0.25, 0.3) is 0 Å². The van der Waals surface area contributed by atoms with Gasteiger partial charge in [-0.05, 0) is 49.9 Å². The monoisotopic (exact) mass is 383 g/mol. The van der Waals surface area contributed by atoms with Gasteiger partial charge in [0.05, 0.1) is 6.54 Å². The number of aliphatic imine (C=N–C) groups is 1. The first-order chi connectivity index (χ1) is 13.6. The number of nitrogens with one attached hydrogen (secondary N) is 2. The highest BCUT2D eigenvalue weighted by molar-refractivity contribution is 5.79. The fourth-order valence-electron chi connectivity index (χ4n) is 3.71. The minimum atomic E-state index is -0.202. The van der Waals surface area contributed by atoms with Gasteiger partial charge < -0.3 is 15.4 Å². The van der Waals surface area contributed by atoms with Crippen molar-refractivity contribution >= 4 is 5.96 Å². The number of guanidine groups is 1. The molecule has 0 amide bonds. The molecule has 0 spiro atoms. The Labute approximate surface area is 167 Å². The van der Waals surface area contributed by atoms with Crippen molar-refractivity contribution in [3.8, 4) is 0 Å². The molecular weight excluding hydrogens is 353 g/mol. The first kappa shape index (κ1) is 20.3. The van der Waals surface area contributed by atoms with Crippen molar-refractivity contribution < 1.29 is 9.13 Å². The van der Waals surface area contributed by atoms with Crippen molar-refractivity contribution in [3.05, 3.63) is 71.0 Å². The minimum Gasteiger partial charge on any atom is -0.381 e. The van der Waals surface area contributed by atoms with Crippen LogP contribution in [0.3, 0.4) is 0 Å². The lowest BCUT2D eigenvalue weighted by atomic mass is 9.74. The lowest BCUT2D eigenvalue weighted by molar-refractivity contribution is 0.0513. The van der Waals surface area contributed by atoms with Gasteiger partial charge in [-0.15, -0.1) is 0 Å². The van der Waals surface area contributed by atoms with E-state index in [1.807, 2.05) is 12.1 Å². The normalized spacial score (nSPS) is 16.6. The van der Waals surface area contributed by atoms with E-state index in [9.17, 15) is 4.39 Å². The summed E-state index contributed by atoms with van der Waals surface area (Å²) >= 11 is 0. The van der Waals surface area contributed by atoms with Gasteiger partial charge in [-0.25, -0.2) is 9.38 Å². The van der Waals surface area contributed by atoms with Crippen LogP contribution in [0.4, 0.5) is 4.39 Å². The third kappa shape index (κ3) is 5.32. The van der Waals surface area contributed by atoms with Crippen LogP contribution in [0, 0.1) is 12.7 Å². The van der Waals surface area contributed by atoms with E-state index in [1.165, 1.54) is 11.1 Å². The summed E-state index contributed by atoms with van der Waals surface area (Å²) in [5.74, 6) is 0.601. The molecule has 0 aliphatic carbocycles. The predicted octanol–water partition coefficient (Wildman–Crippen LogP) is 3.94. The molecule has 0 atom stereocenters. The molecule has 1 aliphatic rings. The molecule has 150 valence electrons.